The Labute approximate surface area is 262 Å². The van der Waals surface area contributed by atoms with Crippen LogP contribution in [-0.2, 0) is 17.1 Å². The highest BCUT2D eigenvalue weighted by Gasteiger charge is 2.67. The average molecular weight is 656 g/mol. The molecule has 1 aromatic carbocycles. The zero-order valence-corrected chi connectivity index (χ0v) is 24.9. The highest BCUT2D eigenvalue weighted by molar-refractivity contribution is 5.83. The first-order chi connectivity index (χ1) is 22.3. The lowest BCUT2D eigenvalue weighted by Gasteiger charge is -2.29. The van der Waals surface area contributed by atoms with E-state index in [1.54, 1.807) is 12.1 Å². The lowest BCUT2D eigenvalue weighted by molar-refractivity contribution is -0.122. The third-order valence-electron chi connectivity index (χ3n) is 8.95. The number of carbonyl (C=O) groups is 1. The minimum Gasteiger partial charge on any atom is -0.383 e. The zero-order chi connectivity index (χ0) is 33.5. The van der Waals surface area contributed by atoms with E-state index in [2.05, 4.69) is 25.1 Å². The van der Waals surface area contributed by atoms with Gasteiger partial charge in [-0.3, -0.25) is 9.78 Å². The van der Waals surface area contributed by atoms with Gasteiger partial charge < -0.3 is 11.5 Å². The van der Waals surface area contributed by atoms with Crippen molar-refractivity contribution in [1.29, 1.82) is 0 Å². The Morgan fingerprint density at radius 1 is 1.09 bits per heavy atom. The summed E-state index contributed by atoms with van der Waals surface area (Å²) < 4.78 is 90.9. The summed E-state index contributed by atoms with van der Waals surface area (Å²) in [7, 11) is 0. The number of nitrogen functional groups attached to an aromatic ring is 1. The Bertz CT molecular complexity index is 2020. The molecule has 0 radical (unpaired) electrons. The fourth-order valence-electron chi connectivity index (χ4n) is 6.79. The second-order valence-corrected chi connectivity index (χ2v) is 12.3. The van der Waals surface area contributed by atoms with E-state index in [1.165, 1.54) is 10.7 Å². The highest BCUT2D eigenvalue weighted by atomic mass is 19.3. The van der Waals surface area contributed by atoms with Crippen molar-refractivity contribution in [2.24, 2.45) is 11.7 Å². The molecule has 16 heteroatoms. The van der Waals surface area contributed by atoms with Crippen LogP contribution >= 0.6 is 0 Å². The van der Waals surface area contributed by atoms with Crippen molar-refractivity contribution < 1.29 is 31.1 Å². The van der Waals surface area contributed by atoms with Crippen LogP contribution in [0.5, 0.6) is 0 Å². The number of primary amides is 1. The summed E-state index contributed by atoms with van der Waals surface area (Å²) in [6.07, 6.45) is -1.01. The Kier molecular flexibility index (Phi) is 7.02. The first-order valence-corrected chi connectivity index (χ1v) is 14.8. The fourth-order valence-corrected chi connectivity index (χ4v) is 6.79. The number of hydrogen-bond acceptors (Lipinski definition) is 7. The van der Waals surface area contributed by atoms with E-state index < -0.39 is 71.5 Å². The van der Waals surface area contributed by atoms with Crippen LogP contribution in [-0.4, -0.2) is 40.3 Å². The number of anilines is 1. The van der Waals surface area contributed by atoms with Gasteiger partial charge in [0.15, 0.2) is 0 Å². The first-order valence-electron chi connectivity index (χ1n) is 14.8. The maximum atomic E-state index is 15.8. The van der Waals surface area contributed by atoms with Gasteiger partial charge in [-0.15, -0.1) is 0 Å². The number of amides is 1. The van der Waals surface area contributed by atoms with Crippen molar-refractivity contribution in [2.45, 2.75) is 62.8 Å². The molecule has 0 spiro atoms. The van der Waals surface area contributed by atoms with Gasteiger partial charge in [0.1, 0.15) is 41.2 Å². The molecule has 1 fully saturated rings. The molecule has 4 atom stereocenters. The molecular formula is C31H27F6N9O. The number of benzene rings is 1. The molecule has 5 aromatic rings. The molecule has 2 aliphatic rings. The van der Waals surface area contributed by atoms with E-state index in [0.29, 0.717) is 16.3 Å². The summed E-state index contributed by atoms with van der Waals surface area (Å²) >= 11 is 0. The summed E-state index contributed by atoms with van der Waals surface area (Å²) in [5, 5.41) is 7.99. The summed E-state index contributed by atoms with van der Waals surface area (Å²) in [5.74, 6) is -10.3. The maximum absolute atomic E-state index is 15.8. The molecule has 1 amide bonds. The second-order valence-electron chi connectivity index (χ2n) is 12.3. The number of aromatic nitrogens is 7. The zero-order valence-electron chi connectivity index (χ0n) is 24.9. The number of carbonyl (C=O) groups excluding carboxylic acids is 1. The molecule has 7 rings (SSSR count). The van der Waals surface area contributed by atoms with Crippen molar-refractivity contribution in [1.82, 2.24) is 34.3 Å². The number of hydrogen-bond donors (Lipinski definition) is 2. The van der Waals surface area contributed by atoms with Crippen LogP contribution in [0.1, 0.15) is 84.4 Å². The number of fused-ring (bicyclic) bond motifs is 4. The van der Waals surface area contributed by atoms with E-state index in [-0.39, 0.29) is 46.3 Å². The van der Waals surface area contributed by atoms with E-state index in [1.807, 2.05) is 13.8 Å². The molecule has 4 heterocycles. The van der Waals surface area contributed by atoms with E-state index in [0.717, 1.165) is 24.2 Å². The van der Waals surface area contributed by atoms with Crippen LogP contribution in [0.25, 0.3) is 16.9 Å². The second kappa shape index (κ2) is 10.8. The van der Waals surface area contributed by atoms with Gasteiger partial charge in [0, 0.05) is 46.5 Å². The lowest BCUT2D eigenvalue weighted by Crippen LogP contribution is -2.37. The van der Waals surface area contributed by atoms with Crippen molar-refractivity contribution in [3.63, 3.8) is 0 Å². The molecule has 0 bridgehead atoms. The van der Waals surface area contributed by atoms with Crippen molar-refractivity contribution in [2.75, 3.05) is 5.73 Å². The predicted molar refractivity (Wildman–Crippen MR) is 155 cm³/mol. The number of pyridine rings is 1. The predicted octanol–water partition coefficient (Wildman–Crippen LogP) is 5.57. The van der Waals surface area contributed by atoms with Gasteiger partial charge in [0.05, 0.1) is 5.69 Å². The quantitative estimate of drug-likeness (QED) is 0.198. The summed E-state index contributed by atoms with van der Waals surface area (Å²) in [4.78, 5) is 26.7. The van der Waals surface area contributed by atoms with E-state index >= 15 is 8.78 Å². The third-order valence-corrected chi connectivity index (χ3v) is 8.95. The molecule has 47 heavy (non-hydrogen) atoms. The molecule has 10 nitrogen and oxygen atoms in total. The van der Waals surface area contributed by atoms with Crippen LogP contribution in [0.2, 0.25) is 0 Å². The average Bonchev–Trinajstić information content (AvgIpc) is 3.38. The molecule has 0 saturated heterocycles. The van der Waals surface area contributed by atoms with E-state index in [4.69, 9.17) is 11.5 Å². The summed E-state index contributed by atoms with van der Waals surface area (Å²) in [6.45, 7) is 3.87. The topological polar surface area (TPSA) is 143 Å². The van der Waals surface area contributed by atoms with Gasteiger partial charge >= 0.3 is 0 Å². The number of alkyl halides is 4. The number of halogens is 6. The van der Waals surface area contributed by atoms with Crippen molar-refractivity contribution in [3.05, 3.63) is 88.4 Å². The number of rotatable bonds is 9. The summed E-state index contributed by atoms with van der Waals surface area (Å²) in [6, 6.07) is 4.14. The Balaban J connectivity index is 1.51. The van der Waals surface area contributed by atoms with Crippen LogP contribution < -0.4 is 11.5 Å². The standard InChI is InChI=1S/C31H27F6N9O/c1-12(2)20-4-3-14(10-40-20)21-23(43-30-41-11-42-46(30)28(21)38)18(7-13-5-15(32)8-16(33)6-13)25(29(39)47)45-26-22(24(44-45)27(34)35)17-9-19(17)31(26,36)37/h3-6,8,10-12,17-19,25,27H,7,9,38H2,1-2H3,(H2,39,47)/t17-,18+,19+,25?/m0/s1. The largest absolute Gasteiger partial charge is 0.383 e. The van der Waals surface area contributed by atoms with Gasteiger partial charge in [-0.25, -0.2) is 27.2 Å². The molecule has 4 N–H and O–H groups in total. The van der Waals surface area contributed by atoms with Crippen LogP contribution in [0.3, 0.4) is 0 Å². The molecular weight excluding hydrogens is 628 g/mol. The minimum absolute atomic E-state index is 0.00724. The van der Waals surface area contributed by atoms with Crippen molar-refractivity contribution >= 4 is 17.5 Å². The molecule has 4 aromatic heterocycles. The Morgan fingerprint density at radius 2 is 1.81 bits per heavy atom. The monoisotopic (exact) mass is 655 g/mol. The van der Waals surface area contributed by atoms with Gasteiger partial charge in [-0.2, -0.15) is 28.5 Å². The Morgan fingerprint density at radius 3 is 2.43 bits per heavy atom. The summed E-state index contributed by atoms with van der Waals surface area (Å²) in [5.41, 5.74) is 11.7. The normalized spacial score (nSPS) is 19.3. The molecule has 0 aliphatic heterocycles. The number of nitrogens with two attached hydrogens (primary N) is 2. The minimum atomic E-state index is -3.60. The highest BCUT2D eigenvalue weighted by Crippen LogP contribution is 2.68. The van der Waals surface area contributed by atoms with E-state index in [9.17, 15) is 22.4 Å². The van der Waals surface area contributed by atoms with Gasteiger partial charge in [0.25, 0.3) is 18.1 Å². The fraction of sp³-hybridized carbons (Fsp3) is 0.355. The van der Waals surface area contributed by atoms with Crippen molar-refractivity contribution in [3.8, 4) is 11.1 Å². The van der Waals surface area contributed by atoms with Crippen LogP contribution in [0.4, 0.5) is 32.2 Å². The number of nitrogens with zero attached hydrogens (tertiary/aromatic N) is 7. The first kappa shape index (κ1) is 30.6. The van der Waals surface area contributed by atoms with Gasteiger partial charge in [-0.05, 0) is 48.4 Å². The Hall–Kier alpha value is -5.02. The molecule has 1 saturated carbocycles. The SMILES string of the molecule is CC(C)c1ccc(-c2c([C@@H](Cc3cc(F)cc(F)c3)C(C(N)=O)n3nc(C(F)F)c4c3C(F)(F)[C@@H]3C[C@H]43)nc3ncnn3c2N)cn1. The smallest absolute Gasteiger partial charge is 0.293 e. The van der Waals surface area contributed by atoms with Crippen LogP contribution in [0.15, 0.2) is 42.9 Å². The molecule has 2 aliphatic carbocycles. The van der Waals surface area contributed by atoms with Gasteiger partial charge in [-0.1, -0.05) is 19.9 Å². The molecule has 244 valence electrons. The molecule has 1 unspecified atom stereocenters. The maximum Gasteiger partial charge on any atom is 0.293 e. The van der Waals surface area contributed by atoms with Gasteiger partial charge in [0.2, 0.25) is 5.91 Å². The lowest BCUT2D eigenvalue weighted by atomic mass is 9.84. The third kappa shape index (κ3) is 4.88. The van der Waals surface area contributed by atoms with Crippen LogP contribution in [0, 0.1) is 17.6 Å².